The molecule has 0 bridgehead atoms. The lowest BCUT2D eigenvalue weighted by molar-refractivity contribution is -0.147. The third-order valence-electron chi connectivity index (χ3n) is 3.54. The number of carbonyl (C=O) groups is 2. The summed E-state index contributed by atoms with van der Waals surface area (Å²) in [6, 6.07) is 6.43. The quantitative estimate of drug-likeness (QED) is 0.530. The summed E-state index contributed by atoms with van der Waals surface area (Å²) < 4.78 is 10.2. The molecule has 2 atom stereocenters. The number of anilines is 1. The van der Waals surface area contributed by atoms with Crippen LogP contribution in [0.5, 0.6) is 5.75 Å². The first-order valence-corrected chi connectivity index (χ1v) is 7.78. The van der Waals surface area contributed by atoms with Crippen molar-refractivity contribution in [2.45, 2.75) is 32.7 Å². The van der Waals surface area contributed by atoms with Gasteiger partial charge in [-0.05, 0) is 37.6 Å². The molecule has 23 heavy (non-hydrogen) atoms. The van der Waals surface area contributed by atoms with E-state index in [0.717, 1.165) is 11.4 Å². The zero-order valence-corrected chi connectivity index (χ0v) is 14.0. The van der Waals surface area contributed by atoms with Crippen LogP contribution < -0.4 is 10.1 Å². The smallest absolute Gasteiger partial charge is 0.329 e. The summed E-state index contributed by atoms with van der Waals surface area (Å²) in [5.41, 5.74) is 0.724. The van der Waals surface area contributed by atoms with Crippen LogP contribution in [0.3, 0.4) is 0 Å². The molecule has 0 aromatic heterocycles. The van der Waals surface area contributed by atoms with Crippen molar-refractivity contribution in [3.63, 3.8) is 0 Å². The number of Topliss-reactive ketones (excluding diaryl/α,β-unsaturated/α-hetero) is 1. The molecule has 126 valence electrons. The van der Waals surface area contributed by atoms with Gasteiger partial charge >= 0.3 is 5.97 Å². The number of nitrogens with one attached hydrogen (secondary N) is 1. The Labute approximate surface area is 137 Å². The van der Waals surface area contributed by atoms with Crippen molar-refractivity contribution in [1.82, 2.24) is 0 Å². The maximum atomic E-state index is 12.3. The Balaban J connectivity index is 3.03. The Morgan fingerprint density at radius 2 is 1.91 bits per heavy atom. The first kappa shape index (κ1) is 18.7. The predicted octanol–water partition coefficient (Wildman–Crippen LogP) is 3.21. The number of hydrogen-bond acceptors (Lipinski definition) is 5. The lowest BCUT2D eigenvalue weighted by atomic mass is 9.90. The monoisotopic (exact) mass is 319 g/mol. The molecule has 0 aliphatic heterocycles. The molecule has 0 aliphatic carbocycles. The topological polar surface area (TPSA) is 64.6 Å². The highest BCUT2D eigenvalue weighted by atomic mass is 16.5. The number of esters is 1. The molecular formula is C18H25NO4. The van der Waals surface area contributed by atoms with Crippen LogP contribution in [-0.2, 0) is 14.3 Å². The normalized spacial score (nSPS) is 12.8. The number of benzene rings is 1. The van der Waals surface area contributed by atoms with Gasteiger partial charge in [-0.3, -0.25) is 4.79 Å². The molecule has 1 N–H and O–H groups in total. The van der Waals surface area contributed by atoms with Crippen LogP contribution in [-0.4, -0.2) is 31.5 Å². The maximum absolute atomic E-state index is 12.3. The molecule has 0 radical (unpaired) electrons. The highest BCUT2D eigenvalue weighted by Gasteiger charge is 2.33. The second-order valence-corrected chi connectivity index (χ2v) is 5.05. The minimum absolute atomic E-state index is 0.00367. The highest BCUT2D eigenvalue weighted by Crippen LogP contribution is 2.22. The number of methoxy groups -OCH3 is 1. The maximum Gasteiger partial charge on any atom is 0.329 e. The number of allylic oxidation sites excluding steroid dienone is 1. The van der Waals surface area contributed by atoms with Gasteiger partial charge in [0.25, 0.3) is 0 Å². The van der Waals surface area contributed by atoms with E-state index in [4.69, 9.17) is 9.47 Å². The fourth-order valence-electron chi connectivity index (χ4n) is 2.32. The molecular weight excluding hydrogens is 294 g/mol. The summed E-state index contributed by atoms with van der Waals surface area (Å²) in [5.74, 6) is -0.213. The van der Waals surface area contributed by atoms with Gasteiger partial charge in [0.1, 0.15) is 17.6 Å². The van der Waals surface area contributed by atoms with Gasteiger partial charge in [-0.1, -0.05) is 13.0 Å². The molecule has 0 saturated carbocycles. The van der Waals surface area contributed by atoms with Gasteiger partial charge in [0, 0.05) is 12.1 Å². The van der Waals surface area contributed by atoms with Crippen molar-refractivity contribution in [2.75, 3.05) is 19.0 Å². The molecule has 1 rings (SSSR count). The molecule has 0 heterocycles. The van der Waals surface area contributed by atoms with E-state index in [1.165, 1.54) is 0 Å². The van der Waals surface area contributed by atoms with Crippen LogP contribution in [0.2, 0.25) is 0 Å². The van der Waals surface area contributed by atoms with E-state index < -0.39 is 17.9 Å². The average molecular weight is 319 g/mol. The van der Waals surface area contributed by atoms with E-state index in [9.17, 15) is 9.59 Å². The largest absolute Gasteiger partial charge is 0.497 e. The van der Waals surface area contributed by atoms with Crippen LogP contribution in [0.4, 0.5) is 5.69 Å². The van der Waals surface area contributed by atoms with E-state index in [2.05, 4.69) is 11.9 Å². The van der Waals surface area contributed by atoms with Crippen LogP contribution in [0.15, 0.2) is 36.9 Å². The van der Waals surface area contributed by atoms with Crippen LogP contribution in [0, 0.1) is 5.92 Å². The lowest BCUT2D eigenvalue weighted by Gasteiger charge is -2.25. The lowest BCUT2D eigenvalue weighted by Crippen LogP contribution is -2.42. The van der Waals surface area contributed by atoms with Crippen LogP contribution >= 0.6 is 0 Å². The number of carbonyl (C=O) groups excluding carboxylic acids is 2. The van der Waals surface area contributed by atoms with Crippen molar-refractivity contribution in [3.8, 4) is 5.75 Å². The Kier molecular flexibility index (Phi) is 7.88. The summed E-state index contributed by atoms with van der Waals surface area (Å²) in [7, 11) is 1.59. The molecule has 0 saturated heterocycles. The minimum Gasteiger partial charge on any atom is -0.497 e. The molecule has 0 aliphatic rings. The van der Waals surface area contributed by atoms with E-state index >= 15 is 0 Å². The summed E-state index contributed by atoms with van der Waals surface area (Å²) in [6.45, 7) is 7.48. The average Bonchev–Trinajstić information content (AvgIpc) is 2.58. The van der Waals surface area contributed by atoms with Gasteiger partial charge in [0.2, 0.25) is 0 Å². The molecule has 5 heteroatoms. The van der Waals surface area contributed by atoms with E-state index in [1.54, 1.807) is 51.3 Å². The fraction of sp³-hybridized carbons (Fsp3) is 0.444. The van der Waals surface area contributed by atoms with Crippen LogP contribution in [0.1, 0.15) is 26.7 Å². The third-order valence-corrected chi connectivity index (χ3v) is 3.54. The number of ketones is 1. The molecule has 1 aromatic carbocycles. The summed E-state index contributed by atoms with van der Waals surface area (Å²) >= 11 is 0. The van der Waals surface area contributed by atoms with Gasteiger partial charge in [-0.2, -0.15) is 0 Å². The standard InChI is InChI=1S/C18H25NO4/c1-5-8-15(16(20)6-2)17(18(21)23-7-3)19-13-9-11-14(22-4)12-10-13/h5,9-12,15,17,19H,1,6-8H2,2-4H3/t15-,17-/m0/s1. The summed E-state index contributed by atoms with van der Waals surface area (Å²) in [6.07, 6.45) is 2.43. The minimum atomic E-state index is -0.742. The fourth-order valence-corrected chi connectivity index (χ4v) is 2.32. The van der Waals surface area contributed by atoms with E-state index in [0.29, 0.717) is 12.8 Å². The number of rotatable bonds is 10. The summed E-state index contributed by atoms with van der Waals surface area (Å²) in [5, 5.41) is 3.12. The Hall–Kier alpha value is -2.30. The molecule has 0 amide bonds. The van der Waals surface area contributed by atoms with E-state index in [1.807, 2.05) is 0 Å². The Morgan fingerprint density at radius 1 is 1.26 bits per heavy atom. The Bertz CT molecular complexity index is 524. The van der Waals surface area contributed by atoms with Crippen molar-refractivity contribution in [1.29, 1.82) is 0 Å². The number of hydrogen-bond donors (Lipinski definition) is 1. The van der Waals surface area contributed by atoms with Gasteiger partial charge in [-0.15, -0.1) is 6.58 Å². The zero-order valence-electron chi connectivity index (χ0n) is 14.0. The van der Waals surface area contributed by atoms with Gasteiger partial charge in [0.15, 0.2) is 0 Å². The van der Waals surface area contributed by atoms with Gasteiger partial charge in [0.05, 0.1) is 19.6 Å². The van der Waals surface area contributed by atoms with Crippen molar-refractivity contribution in [3.05, 3.63) is 36.9 Å². The molecule has 1 aromatic rings. The van der Waals surface area contributed by atoms with Crippen molar-refractivity contribution in [2.24, 2.45) is 5.92 Å². The molecule has 0 unspecified atom stereocenters. The second-order valence-electron chi connectivity index (χ2n) is 5.05. The first-order chi connectivity index (χ1) is 11.1. The zero-order chi connectivity index (χ0) is 17.2. The van der Waals surface area contributed by atoms with E-state index in [-0.39, 0.29) is 12.4 Å². The third kappa shape index (κ3) is 5.43. The Morgan fingerprint density at radius 3 is 2.39 bits per heavy atom. The molecule has 5 nitrogen and oxygen atoms in total. The summed E-state index contributed by atoms with van der Waals surface area (Å²) in [4.78, 5) is 24.5. The SMILES string of the molecule is C=CC[C@@H](C(=O)CC)[C@H](Nc1ccc(OC)cc1)C(=O)OCC. The van der Waals surface area contributed by atoms with Crippen molar-refractivity contribution >= 4 is 17.4 Å². The number of ether oxygens (including phenoxy) is 2. The second kappa shape index (κ2) is 9.66. The van der Waals surface area contributed by atoms with Gasteiger partial charge < -0.3 is 14.8 Å². The first-order valence-electron chi connectivity index (χ1n) is 7.78. The van der Waals surface area contributed by atoms with Crippen molar-refractivity contribution < 1.29 is 19.1 Å². The molecule has 0 fully saturated rings. The van der Waals surface area contributed by atoms with Gasteiger partial charge in [-0.25, -0.2) is 4.79 Å². The predicted molar refractivity (Wildman–Crippen MR) is 90.6 cm³/mol. The van der Waals surface area contributed by atoms with Crippen LogP contribution in [0.25, 0.3) is 0 Å². The molecule has 0 spiro atoms. The highest BCUT2D eigenvalue weighted by molar-refractivity contribution is 5.90.